The molecule has 0 amide bonds. The minimum Gasteiger partial charge on any atom is -0.477 e. The third-order valence-electron chi connectivity index (χ3n) is 8.55. The highest BCUT2D eigenvalue weighted by molar-refractivity contribution is 5.72. The summed E-state index contributed by atoms with van der Waals surface area (Å²) >= 11 is 0. The van der Waals surface area contributed by atoms with Crippen molar-refractivity contribution in [3.05, 3.63) is 97.2 Å². The first-order valence-corrected chi connectivity index (χ1v) is 20.8. The van der Waals surface area contributed by atoms with Gasteiger partial charge in [0.1, 0.15) is 6.61 Å². The van der Waals surface area contributed by atoms with Crippen LogP contribution >= 0.6 is 0 Å². The number of allylic oxidation sites excluding steroid dienone is 16. The van der Waals surface area contributed by atoms with Crippen LogP contribution in [0.4, 0.5) is 0 Å². The molecule has 0 spiro atoms. The van der Waals surface area contributed by atoms with Crippen LogP contribution in [0, 0.1) is 0 Å². The van der Waals surface area contributed by atoms with E-state index in [0.29, 0.717) is 19.3 Å². The molecule has 0 aromatic rings. The molecule has 0 fully saturated rings. The lowest BCUT2D eigenvalue weighted by Gasteiger charge is -2.31. The highest BCUT2D eigenvalue weighted by atomic mass is 16.6. The SMILES string of the molecule is CC/C=C/C=C/C=C/CCCCCCCCCC(=O)OC(COCCC(C(=O)O)[N+](C)(C)C)COC(=O)CC/C=C/C/C=C/C/C=C/C/C=C/C/C=C/CC. The largest absolute Gasteiger partial charge is 0.477 e. The lowest BCUT2D eigenvalue weighted by molar-refractivity contribution is -0.887. The van der Waals surface area contributed by atoms with Gasteiger partial charge < -0.3 is 23.8 Å². The Bertz CT molecular complexity index is 1220. The van der Waals surface area contributed by atoms with E-state index in [0.717, 1.165) is 70.6 Å². The Labute approximate surface area is 335 Å². The average Bonchev–Trinajstić information content (AvgIpc) is 3.14. The summed E-state index contributed by atoms with van der Waals surface area (Å²) in [4.78, 5) is 36.9. The Kier molecular flexibility index (Phi) is 34.7. The van der Waals surface area contributed by atoms with E-state index < -0.39 is 18.1 Å². The van der Waals surface area contributed by atoms with E-state index in [9.17, 15) is 19.5 Å². The fraction of sp³-hybridized carbons (Fsp3) is 0.596. The highest BCUT2D eigenvalue weighted by Gasteiger charge is 2.31. The number of ether oxygens (including phenoxy) is 3. The maximum absolute atomic E-state index is 12.7. The molecule has 0 bridgehead atoms. The molecule has 8 nitrogen and oxygen atoms in total. The van der Waals surface area contributed by atoms with Crippen LogP contribution in [0.25, 0.3) is 0 Å². The molecule has 0 aliphatic carbocycles. The molecule has 310 valence electrons. The van der Waals surface area contributed by atoms with Crippen molar-refractivity contribution in [1.82, 2.24) is 0 Å². The number of carboxylic acid groups (broad SMARTS) is 1. The Morgan fingerprint density at radius 3 is 1.65 bits per heavy atom. The summed E-state index contributed by atoms with van der Waals surface area (Å²) in [5.74, 6) is -1.61. The first-order chi connectivity index (χ1) is 26.6. The van der Waals surface area contributed by atoms with Gasteiger partial charge in [-0.25, -0.2) is 4.79 Å². The van der Waals surface area contributed by atoms with Crippen molar-refractivity contribution in [2.24, 2.45) is 0 Å². The van der Waals surface area contributed by atoms with Gasteiger partial charge in [-0.2, -0.15) is 0 Å². The molecule has 0 saturated carbocycles. The predicted octanol–water partition coefficient (Wildman–Crippen LogP) is 11.1. The number of likely N-dealkylation sites (N-methyl/N-ethyl adjacent to an activating group) is 1. The van der Waals surface area contributed by atoms with E-state index in [4.69, 9.17) is 14.2 Å². The number of rotatable bonds is 35. The van der Waals surface area contributed by atoms with Gasteiger partial charge in [-0.1, -0.05) is 143 Å². The van der Waals surface area contributed by atoms with Gasteiger partial charge in [0.05, 0.1) is 34.4 Å². The van der Waals surface area contributed by atoms with Gasteiger partial charge in [0, 0.05) is 19.3 Å². The number of unbranched alkanes of at least 4 members (excludes halogenated alkanes) is 7. The zero-order valence-corrected chi connectivity index (χ0v) is 35.1. The number of hydrogen-bond acceptors (Lipinski definition) is 6. The highest BCUT2D eigenvalue weighted by Crippen LogP contribution is 2.12. The Morgan fingerprint density at radius 1 is 0.564 bits per heavy atom. The van der Waals surface area contributed by atoms with Crippen molar-refractivity contribution in [3.8, 4) is 0 Å². The number of aliphatic carboxylic acids is 1. The van der Waals surface area contributed by atoms with Crippen LogP contribution in [-0.4, -0.2) is 80.6 Å². The van der Waals surface area contributed by atoms with Crippen LogP contribution in [0.5, 0.6) is 0 Å². The minimum absolute atomic E-state index is 0.0264. The molecule has 0 aliphatic heterocycles. The predicted molar refractivity (Wildman–Crippen MR) is 229 cm³/mol. The molecule has 8 heteroatoms. The smallest absolute Gasteiger partial charge is 0.362 e. The van der Waals surface area contributed by atoms with Crippen LogP contribution in [0.3, 0.4) is 0 Å². The molecule has 0 aromatic heterocycles. The number of quaternary nitrogens is 1. The number of esters is 2. The number of carboxylic acids is 1. The third-order valence-corrected chi connectivity index (χ3v) is 8.55. The van der Waals surface area contributed by atoms with Gasteiger partial charge in [0.15, 0.2) is 12.1 Å². The second-order valence-electron chi connectivity index (χ2n) is 14.5. The molecule has 1 N–H and O–H groups in total. The maximum atomic E-state index is 12.7. The van der Waals surface area contributed by atoms with E-state index in [1.807, 2.05) is 33.3 Å². The second-order valence-corrected chi connectivity index (χ2v) is 14.5. The van der Waals surface area contributed by atoms with Gasteiger partial charge >= 0.3 is 17.9 Å². The summed E-state index contributed by atoms with van der Waals surface area (Å²) in [5, 5.41) is 9.60. The monoisotopic (exact) mass is 767 g/mol. The van der Waals surface area contributed by atoms with E-state index in [1.54, 1.807) is 0 Å². The summed E-state index contributed by atoms with van der Waals surface area (Å²) < 4.78 is 17.1. The molecule has 0 heterocycles. The molecular weight excluding hydrogens is 691 g/mol. The summed E-state index contributed by atoms with van der Waals surface area (Å²) in [7, 11) is 5.48. The zero-order chi connectivity index (χ0) is 40.7. The first-order valence-electron chi connectivity index (χ1n) is 20.8. The van der Waals surface area contributed by atoms with Crippen molar-refractivity contribution in [1.29, 1.82) is 0 Å². The fourth-order valence-electron chi connectivity index (χ4n) is 5.37. The van der Waals surface area contributed by atoms with Gasteiger partial charge in [-0.15, -0.1) is 0 Å². The van der Waals surface area contributed by atoms with Crippen LogP contribution < -0.4 is 0 Å². The third kappa shape index (κ3) is 35.7. The summed E-state index contributed by atoms with van der Waals surface area (Å²) in [6.45, 7) is 4.37. The van der Waals surface area contributed by atoms with Gasteiger partial charge in [-0.3, -0.25) is 9.59 Å². The summed E-state index contributed by atoms with van der Waals surface area (Å²) in [5.41, 5.74) is 0. The molecule has 2 unspecified atom stereocenters. The summed E-state index contributed by atoms with van der Waals surface area (Å²) in [6, 6.07) is -0.632. The number of carbonyl (C=O) groups is 3. The Morgan fingerprint density at radius 2 is 1.09 bits per heavy atom. The molecule has 0 saturated heterocycles. The molecule has 0 rings (SSSR count). The zero-order valence-electron chi connectivity index (χ0n) is 35.1. The van der Waals surface area contributed by atoms with E-state index in [2.05, 4.69) is 98.9 Å². The number of carbonyl (C=O) groups excluding carboxylic acids is 2. The Hall–Kier alpha value is -3.75. The average molecular weight is 767 g/mol. The molecule has 0 aromatic carbocycles. The molecule has 55 heavy (non-hydrogen) atoms. The van der Waals surface area contributed by atoms with Crippen LogP contribution in [0.15, 0.2) is 97.2 Å². The van der Waals surface area contributed by atoms with Gasteiger partial charge in [-0.05, 0) is 64.2 Å². The lowest BCUT2D eigenvalue weighted by atomic mass is 10.1. The van der Waals surface area contributed by atoms with Crippen LogP contribution in [-0.2, 0) is 28.6 Å². The molecule has 0 aliphatic rings. The topological polar surface area (TPSA) is 99.1 Å². The van der Waals surface area contributed by atoms with Crippen LogP contribution in [0.2, 0.25) is 0 Å². The number of nitrogens with zero attached hydrogens (tertiary/aromatic N) is 1. The van der Waals surface area contributed by atoms with Gasteiger partial charge in [0.2, 0.25) is 0 Å². The number of hydrogen-bond donors (Lipinski definition) is 1. The van der Waals surface area contributed by atoms with Crippen molar-refractivity contribution >= 4 is 17.9 Å². The molecule has 2 atom stereocenters. The van der Waals surface area contributed by atoms with E-state index >= 15 is 0 Å². The first kappa shape index (κ1) is 51.2. The van der Waals surface area contributed by atoms with E-state index in [-0.39, 0.29) is 42.7 Å². The van der Waals surface area contributed by atoms with Crippen molar-refractivity contribution in [3.63, 3.8) is 0 Å². The lowest BCUT2D eigenvalue weighted by Crippen LogP contribution is -2.50. The van der Waals surface area contributed by atoms with Crippen LogP contribution in [0.1, 0.15) is 129 Å². The quantitative estimate of drug-likeness (QED) is 0.0225. The second kappa shape index (κ2) is 37.2. The standard InChI is InChI=1S/C47H75NO7/c1-6-8-10-12-14-16-18-20-22-24-25-27-29-31-33-35-37-45(49)54-42-43(41-53-40-39-44(47(51)52)48(3,4)5)55-46(50)38-36-34-32-30-28-26-23-21-19-17-15-13-11-9-7-2/h8-11,13-17,19-20,22,25,27,31,33,43-44H,6-7,12,18,21,23-24,26,28-30,32,34-42H2,1-5H3/p+1/b10-8+,11-9+,15-13+,16-14+,19-17+,22-20+,27-25+,33-31+. The van der Waals surface area contributed by atoms with E-state index in [1.165, 1.54) is 19.3 Å². The fourth-order valence-corrected chi connectivity index (χ4v) is 5.37. The Balaban J connectivity index is 4.53. The summed E-state index contributed by atoms with van der Waals surface area (Å²) in [6.07, 6.45) is 48.9. The molecule has 0 radical (unpaired) electrons. The molecular formula is C47H76NO7+. The maximum Gasteiger partial charge on any atom is 0.362 e. The van der Waals surface area contributed by atoms with Crippen molar-refractivity contribution < 1.29 is 38.2 Å². The van der Waals surface area contributed by atoms with Crippen molar-refractivity contribution in [2.75, 3.05) is 41.0 Å². The van der Waals surface area contributed by atoms with Crippen molar-refractivity contribution in [2.45, 2.75) is 142 Å². The normalized spacial score (nSPS) is 14.0. The minimum atomic E-state index is -0.892. The van der Waals surface area contributed by atoms with Gasteiger partial charge in [0.25, 0.3) is 0 Å².